The Balaban J connectivity index is 1.44. The van der Waals surface area contributed by atoms with Crippen LogP contribution in [-0.2, 0) is 21.2 Å². The van der Waals surface area contributed by atoms with Gasteiger partial charge in [0.2, 0.25) is 0 Å². The number of likely N-dealkylation sites (tertiary alicyclic amines) is 1. The molecule has 1 aliphatic carbocycles. The zero-order valence-corrected chi connectivity index (χ0v) is 17.7. The number of benzene rings is 1. The van der Waals surface area contributed by atoms with Crippen molar-refractivity contribution in [2.45, 2.75) is 50.7 Å². The molecule has 1 amide bonds. The van der Waals surface area contributed by atoms with Gasteiger partial charge < -0.3 is 14.7 Å². The Hall–Kier alpha value is -1.60. The number of sulfone groups is 1. The van der Waals surface area contributed by atoms with Crippen LogP contribution in [0.5, 0.6) is 0 Å². The SMILES string of the molecule is CC(C)C1CC([C@H]2C[C@H]2COCc2ccc(S(C)(=O)=O)cc2)CCN1C(=O)O. The van der Waals surface area contributed by atoms with E-state index < -0.39 is 15.9 Å². The van der Waals surface area contributed by atoms with E-state index in [0.29, 0.717) is 48.3 Å². The molecule has 156 valence electrons. The first-order valence-corrected chi connectivity index (χ1v) is 11.9. The van der Waals surface area contributed by atoms with E-state index in [4.69, 9.17) is 4.74 Å². The van der Waals surface area contributed by atoms with Crippen LogP contribution in [0.3, 0.4) is 0 Å². The van der Waals surface area contributed by atoms with E-state index in [2.05, 4.69) is 13.8 Å². The van der Waals surface area contributed by atoms with Crippen LogP contribution in [0.15, 0.2) is 29.2 Å². The predicted octanol–water partition coefficient (Wildman–Crippen LogP) is 3.66. The van der Waals surface area contributed by atoms with Gasteiger partial charge in [-0.15, -0.1) is 0 Å². The molecule has 2 unspecified atom stereocenters. The highest BCUT2D eigenvalue weighted by molar-refractivity contribution is 7.90. The highest BCUT2D eigenvalue weighted by Gasteiger charge is 2.46. The molecule has 7 heteroatoms. The van der Waals surface area contributed by atoms with Crippen molar-refractivity contribution in [2.75, 3.05) is 19.4 Å². The lowest BCUT2D eigenvalue weighted by Crippen LogP contribution is -2.48. The standard InChI is InChI=1S/C21H31NO5S/c1-14(2)20-11-16(8-9-22(20)21(23)24)19-10-17(19)13-27-12-15-4-6-18(7-5-15)28(3,25)26/h4-7,14,16-17,19-20H,8-13H2,1-3H3,(H,23,24)/t16?,17-,19+,20?/m0/s1. The molecule has 1 aromatic carbocycles. The lowest BCUT2D eigenvalue weighted by Gasteiger charge is -2.40. The summed E-state index contributed by atoms with van der Waals surface area (Å²) in [4.78, 5) is 13.4. The van der Waals surface area contributed by atoms with Crippen LogP contribution in [-0.4, -0.2) is 50.0 Å². The Morgan fingerprint density at radius 2 is 1.93 bits per heavy atom. The minimum Gasteiger partial charge on any atom is -0.465 e. The van der Waals surface area contributed by atoms with E-state index in [-0.39, 0.29) is 6.04 Å². The molecule has 0 radical (unpaired) electrons. The molecule has 3 rings (SSSR count). The van der Waals surface area contributed by atoms with Crippen LogP contribution >= 0.6 is 0 Å². The fourth-order valence-corrected chi connectivity index (χ4v) is 5.12. The minimum atomic E-state index is -3.16. The maximum absolute atomic E-state index is 11.5. The maximum atomic E-state index is 11.5. The van der Waals surface area contributed by atoms with Crippen molar-refractivity contribution in [3.05, 3.63) is 29.8 Å². The summed E-state index contributed by atoms with van der Waals surface area (Å²) in [7, 11) is -3.16. The molecule has 4 atom stereocenters. The van der Waals surface area contributed by atoms with E-state index in [1.165, 1.54) is 6.26 Å². The number of amides is 1. The van der Waals surface area contributed by atoms with E-state index in [0.717, 1.165) is 24.8 Å². The van der Waals surface area contributed by atoms with Gasteiger partial charge in [-0.05, 0) is 60.6 Å². The average Bonchev–Trinajstić information content (AvgIpc) is 3.40. The van der Waals surface area contributed by atoms with Crippen molar-refractivity contribution in [1.82, 2.24) is 4.90 Å². The molecule has 2 aliphatic rings. The first kappa shape index (κ1) is 21.1. The van der Waals surface area contributed by atoms with Gasteiger partial charge in [0, 0.05) is 18.8 Å². The molecule has 1 aromatic rings. The van der Waals surface area contributed by atoms with Gasteiger partial charge in [0.15, 0.2) is 9.84 Å². The van der Waals surface area contributed by atoms with Crippen molar-refractivity contribution in [3.8, 4) is 0 Å². The molecular formula is C21H31NO5S. The number of rotatable bonds is 7. The van der Waals surface area contributed by atoms with Crippen molar-refractivity contribution in [2.24, 2.45) is 23.7 Å². The topological polar surface area (TPSA) is 83.9 Å². The fourth-order valence-electron chi connectivity index (χ4n) is 4.49. The smallest absolute Gasteiger partial charge is 0.407 e. The molecule has 28 heavy (non-hydrogen) atoms. The fraction of sp³-hybridized carbons (Fsp3) is 0.667. The molecule has 1 heterocycles. The predicted molar refractivity (Wildman–Crippen MR) is 107 cm³/mol. The maximum Gasteiger partial charge on any atom is 0.407 e. The molecule has 1 saturated carbocycles. The summed E-state index contributed by atoms with van der Waals surface area (Å²) in [6.45, 7) is 6.04. The Kier molecular flexibility index (Phi) is 6.34. The summed E-state index contributed by atoms with van der Waals surface area (Å²) in [5.41, 5.74) is 0.972. The van der Waals surface area contributed by atoms with Crippen molar-refractivity contribution in [3.63, 3.8) is 0 Å². The third-order valence-corrected chi connectivity index (χ3v) is 7.36. The molecule has 0 spiro atoms. The van der Waals surface area contributed by atoms with Gasteiger partial charge in [0.1, 0.15) is 0 Å². The molecule has 1 saturated heterocycles. The van der Waals surface area contributed by atoms with Gasteiger partial charge in [-0.1, -0.05) is 26.0 Å². The van der Waals surface area contributed by atoms with E-state index in [1.807, 2.05) is 0 Å². The highest BCUT2D eigenvalue weighted by Crippen LogP contribution is 2.49. The average molecular weight is 410 g/mol. The number of nitrogens with zero attached hydrogens (tertiary/aromatic N) is 1. The number of carboxylic acid groups (broad SMARTS) is 1. The zero-order chi connectivity index (χ0) is 20.5. The Morgan fingerprint density at radius 3 is 2.50 bits per heavy atom. The molecule has 0 bridgehead atoms. The van der Waals surface area contributed by atoms with Crippen LogP contribution in [0.2, 0.25) is 0 Å². The second kappa shape index (κ2) is 8.41. The monoisotopic (exact) mass is 409 g/mol. The number of piperidine rings is 1. The quantitative estimate of drug-likeness (QED) is 0.743. The van der Waals surface area contributed by atoms with Gasteiger partial charge in [-0.3, -0.25) is 0 Å². The zero-order valence-electron chi connectivity index (χ0n) is 16.9. The van der Waals surface area contributed by atoms with E-state index in [9.17, 15) is 18.3 Å². The molecular weight excluding hydrogens is 378 g/mol. The summed E-state index contributed by atoms with van der Waals surface area (Å²) in [6.07, 6.45) is 3.48. The molecule has 6 nitrogen and oxygen atoms in total. The molecule has 2 fully saturated rings. The highest BCUT2D eigenvalue weighted by atomic mass is 32.2. The van der Waals surface area contributed by atoms with Gasteiger partial charge in [0.25, 0.3) is 0 Å². The number of hydrogen-bond acceptors (Lipinski definition) is 4. The van der Waals surface area contributed by atoms with Gasteiger partial charge in [-0.25, -0.2) is 13.2 Å². The Labute approximate surface area is 167 Å². The summed E-state index contributed by atoms with van der Waals surface area (Å²) >= 11 is 0. The normalized spacial score (nSPS) is 27.8. The summed E-state index contributed by atoms with van der Waals surface area (Å²) in [5.74, 6) is 2.13. The van der Waals surface area contributed by atoms with Crippen molar-refractivity contribution >= 4 is 15.9 Å². The van der Waals surface area contributed by atoms with Crippen LogP contribution in [0.4, 0.5) is 4.79 Å². The second-order valence-electron chi connectivity index (χ2n) is 8.66. The van der Waals surface area contributed by atoms with E-state index in [1.54, 1.807) is 29.2 Å². The Bertz CT molecular complexity index is 790. The lowest BCUT2D eigenvalue weighted by atomic mass is 9.82. The van der Waals surface area contributed by atoms with Crippen LogP contribution in [0, 0.1) is 23.7 Å². The number of ether oxygens (including phenoxy) is 1. The van der Waals surface area contributed by atoms with Gasteiger partial charge in [0.05, 0.1) is 18.1 Å². The van der Waals surface area contributed by atoms with Gasteiger partial charge in [-0.2, -0.15) is 0 Å². The summed E-state index contributed by atoms with van der Waals surface area (Å²) in [6, 6.07) is 6.96. The molecule has 1 N–H and O–H groups in total. The number of hydrogen-bond donors (Lipinski definition) is 1. The van der Waals surface area contributed by atoms with Crippen LogP contribution in [0.1, 0.15) is 38.7 Å². The largest absolute Gasteiger partial charge is 0.465 e. The third-order valence-electron chi connectivity index (χ3n) is 6.24. The van der Waals surface area contributed by atoms with Crippen LogP contribution < -0.4 is 0 Å². The van der Waals surface area contributed by atoms with Gasteiger partial charge >= 0.3 is 6.09 Å². The van der Waals surface area contributed by atoms with E-state index >= 15 is 0 Å². The molecule has 1 aliphatic heterocycles. The minimum absolute atomic E-state index is 0.117. The third kappa shape index (κ3) is 5.06. The lowest BCUT2D eigenvalue weighted by molar-refractivity contribution is 0.0601. The molecule has 0 aromatic heterocycles. The summed E-state index contributed by atoms with van der Waals surface area (Å²) < 4.78 is 28.9. The van der Waals surface area contributed by atoms with Crippen molar-refractivity contribution < 1.29 is 23.1 Å². The van der Waals surface area contributed by atoms with Crippen LogP contribution in [0.25, 0.3) is 0 Å². The first-order chi connectivity index (χ1) is 13.2. The van der Waals surface area contributed by atoms with Crippen molar-refractivity contribution in [1.29, 1.82) is 0 Å². The first-order valence-electron chi connectivity index (χ1n) is 10.0. The Morgan fingerprint density at radius 1 is 1.25 bits per heavy atom. The number of carbonyl (C=O) groups is 1. The second-order valence-corrected chi connectivity index (χ2v) is 10.7. The summed E-state index contributed by atoms with van der Waals surface area (Å²) in [5, 5.41) is 9.41.